The lowest BCUT2D eigenvalue weighted by Crippen LogP contribution is -2.28. The number of rotatable bonds is 6. The molecule has 5 heteroatoms. The van der Waals surface area contributed by atoms with Crippen molar-refractivity contribution in [2.45, 2.75) is 19.9 Å². The average Bonchev–Trinajstić information content (AvgIpc) is 3.01. The zero-order valence-corrected chi connectivity index (χ0v) is 13.0. The predicted molar refractivity (Wildman–Crippen MR) is 88.4 cm³/mol. The van der Waals surface area contributed by atoms with Crippen molar-refractivity contribution in [3.05, 3.63) is 66.1 Å². The van der Waals surface area contributed by atoms with E-state index in [1.807, 2.05) is 59.3 Å². The first-order valence-corrected chi connectivity index (χ1v) is 7.65. The highest BCUT2D eigenvalue weighted by atomic mass is 16.5. The van der Waals surface area contributed by atoms with Gasteiger partial charge in [-0.1, -0.05) is 25.1 Å². The number of nitrogens with zero attached hydrogens (tertiary/aromatic N) is 2. The first-order chi connectivity index (χ1) is 11.2. The molecule has 0 aliphatic carbocycles. The molecule has 0 atom stereocenters. The number of hydrogen-bond acceptors (Lipinski definition) is 3. The molecule has 0 spiro atoms. The number of fused-ring (bicyclic) bond motifs is 1. The van der Waals surface area contributed by atoms with Crippen LogP contribution in [-0.4, -0.2) is 21.9 Å². The predicted octanol–water partition coefficient (Wildman–Crippen LogP) is 2.59. The summed E-state index contributed by atoms with van der Waals surface area (Å²) >= 11 is 0. The van der Waals surface area contributed by atoms with Crippen LogP contribution in [0.1, 0.15) is 18.2 Å². The molecular formula is C18H19N3O2. The molecular weight excluding hydrogens is 290 g/mol. The molecule has 0 saturated carbocycles. The highest BCUT2D eigenvalue weighted by Crippen LogP contribution is 2.12. The Bertz CT molecular complexity index is 760. The van der Waals surface area contributed by atoms with Crippen LogP contribution < -0.4 is 10.1 Å². The van der Waals surface area contributed by atoms with Crippen molar-refractivity contribution < 1.29 is 9.53 Å². The van der Waals surface area contributed by atoms with Crippen molar-refractivity contribution in [2.24, 2.45) is 0 Å². The largest absolute Gasteiger partial charge is 0.484 e. The molecule has 0 aliphatic heterocycles. The summed E-state index contributed by atoms with van der Waals surface area (Å²) in [6.07, 6.45) is 4.82. The summed E-state index contributed by atoms with van der Waals surface area (Å²) in [5, 5.41) is 2.81. The van der Waals surface area contributed by atoms with Crippen molar-refractivity contribution in [3.8, 4) is 5.75 Å². The zero-order valence-electron chi connectivity index (χ0n) is 13.0. The SMILES string of the molecule is CCc1ccc(OCC(=O)NCc2cn3ccccc3n2)cc1. The monoisotopic (exact) mass is 309 g/mol. The Hall–Kier alpha value is -2.82. The summed E-state index contributed by atoms with van der Waals surface area (Å²) in [5.41, 5.74) is 2.93. The van der Waals surface area contributed by atoms with Gasteiger partial charge in [-0.2, -0.15) is 0 Å². The fourth-order valence-corrected chi connectivity index (χ4v) is 2.28. The van der Waals surface area contributed by atoms with Gasteiger partial charge in [-0.15, -0.1) is 0 Å². The van der Waals surface area contributed by atoms with Gasteiger partial charge in [0.2, 0.25) is 0 Å². The van der Waals surface area contributed by atoms with Crippen LogP contribution in [0, 0.1) is 0 Å². The molecule has 0 saturated heterocycles. The fraction of sp³-hybridized carbons (Fsp3) is 0.222. The van der Waals surface area contributed by atoms with E-state index in [4.69, 9.17) is 4.74 Å². The standard InChI is InChI=1S/C18H19N3O2/c1-2-14-6-8-16(9-7-14)23-13-18(22)19-11-15-12-21-10-4-3-5-17(21)20-15/h3-10,12H,2,11,13H2,1H3,(H,19,22). The molecule has 23 heavy (non-hydrogen) atoms. The summed E-state index contributed by atoms with van der Waals surface area (Å²) in [4.78, 5) is 16.3. The molecule has 1 aromatic carbocycles. The van der Waals surface area contributed by atoms with Crippen LogP contribution in [0.2, 0.25) is 0 Å². The maximum Gasteiger partial charge on any atom is 0.258 e. The van der Waals surface area contributed by atoms with Gasteiger partial charge in [0.15, 0.2) is 6.61 Å². The van der Waals surface area contributed by atoms with Crippen molar-refractivity contribution in [3.63, 3.8) is 0 Å². The van der Waals surface area contributed by atoms with Gasteiger partial charge < -0.3 is 14.5 Å². The number of imidazole rings is 1. The number of aryl methyl sites for hydroxylation is 1. The van der Waals surface area contributed by atoms with E-state index >= 15 is 0 Å². The number of nitrogens with one attached hydrogen (secondary N) is 1. The highest BCUT2D eigenvalue weighted by Gasteiger charge is 2.05. The van der Waals surface area contributed by atoms with Crippen LogP contribution in [0.5, 0.6) is 5.75 Å². The van der Waals surface area contributed by atoms with Crippen LogP contribution in [-0.2, 0) is 17.8 Å². The Morgan fingerprint density at radius 1 is 1.22 bits per heavy atom. The summed E-state index contributed by atoms with van der Waals surface area (Å²) in [6, 6.07) is 13.6. The summed E-state index contributed by atoms with van der Waals surface area (Å²) < 4.78 is 7.40. The van der Waals surface area contributed by atoms with E-state index in [1.165, 1.54) is 5.56 Å². The number of amides is 1. The van der Waals surface area contributed by atoms with Crippen LogP contribution >= 0.6 is 0 Å². The highest BCUT2D eigenvalue weighted by molar-refractivity contribution is 5.77. The zero-order chi connectivity index (χ0) is 16.1. The lowest BCUT2D eigenvalue weighted by Gasteiger charge is -2.07. The van der Waals surface area contributed by atoms with Crippen LogP contribution in [0.15, 0.2) is 54.9 Å². The van der Waals surface area contributed by atoms with Gasteiger partial charge in [0.1, 0.15) is 11.4 Å². The first kappa shape index (κ1) is 15.1. The molecule has 3 aromatic rings. The minimum atomic E-state index is -0.165. The number of ether oxygens (including phenoxy) is 1. The number of hydrogen-bond donors (Lipinski definition) is 1. The van der Waals surface area contributed by atoms with Crippen LogP contribution in [0.25, 0.3) is 5.65 Å². The van der Waals surface area contributed by atoms with Gasteiger partial charge >= 0.3 is 0 Å². The molecule has 3 rings (SSSR count). The smallest absolute Gasteiger partial charge is 0.258 e. The Kier molecular flexibility index (Phi) is 4.57. The number of aromatic nitrogens is 2. The molecule has 1 amide bonds. The minimum absolute atomic E-state index is 0.00115. The third-order valence-corrected chi connectivity index (χ3v) is 3.58. The molecule has 1 N–H and O–H groups in total. The number of pyridine rings is 1. The molecule has 118 valence electrons. The van der Waals surface area contributed by atoms with Crippen molar-refractivity contribution in [2.75, 3.05) is 6.61 Å². The van der Waals surface area contributed by atoms with Gasteiger partial charge in [0, 0.05) is 12.4 Å². The normalized spacial score (nSPS) is 10.7. The third kappa shape index (κ3) is 3.88. The molecule has 2 aromatic heterocycles. The maximum absolute atomic E-state index is 11.9. The summed E-state index contributed by atoms with van der Waals surface area (Å²) in [6.45, 7) is 2.49. The average molecular weight is 309 g/mol. The van der Waals surface area contributed by atoms with Gasteiger partial charge in [-0.05, 0) is 36.2 Å². The molecule has 0 radical (unpaired) electrons. The van der Waals surface area contributed by atoms with E-state index in [1.54, 1.807) is 0 Å². The Morgan fingerprint density at radius 2 is 2.04 bits per heavy atom. The molecule has 5 nitrogen and oxygen atoms in total. The molecule has 0 fully saturated rings. The van der Waals surface area contributed by atoms with Gasteiger partial charge in [-0.25, -0.2) is 4.98 Å². The molecule has 0 unspecified atom stereocenters. The lowest BCUT2D eigenvalue weighted by atomic mass is 10.2. The van der Waals surface area contributed by atoms with Gasteiger partial charge in [0.25, 0.3) is 5.91 Å². The van der Waals surface area contributed by atoms with E-state index in [0.29, 0.717) is 12.3 Å². The fourth-order valence-electron chi connectivity index (χ4n) is 2.28. The van der Waals surface area contributed by atoms with E-state index < -0.39 is 0 Å². The summed E-state index contributed by atoms with van der Waals surface area (Å²) in [7, 11) is 0. The minimum Gasteiger partial charge on any atom is -0.484 e. The number of carbonyl (C=O) groups excluding carboxylic acids is 1. The van der Waals surface area contributed by atoms with E-state index in [9.17, 15) is 4.79 Å². The Labute approximate surface area is 134 Å². The van der Waals surface area contributed by atoms with E-state index in [0.717, 1.165) is 17.8 Å². The third-order valence-electron chi connectivity index (χ3n) is 3.58. The number of carbonyl (C=O) groups is 1. The number of benzene rings is 1. The van der Waals surface area contributed by atoms with E-state index in [-0.39, 0.29) is 12.5 Å². The van der Waals surface area contributed by atoms with Gasteiger partial charge in [-0.3, -0.25) is 4.79 Å². The molecule has 0 bridgehead atoms. The quantitative estimate of drug-likeness (QED) is 0.761. The second-order valence-corrected chi connectivity index (χ2v) is 5.26. The first-order valence-electron chi connectivity index (χ1n) is 7.65. The van der Waals surface area contributed by atoms with Crippen LogP contribution in [0.3, 0.4) is 0 Å². The second kappa shape index (κ2) is 6.96. The van der Waals surface area contributed by atoms with Crippen molar-refractivity contribution in [1.82, 2.24) is 14.7 Å². The molecule has 0 aliphatic rings. The van der Waals surface area contributed by atoms with Crippen molar-refractivity contribution >= 4 is 11.6 Å². The van der Waals surface area contributed by atoms with Crippen molar-refractivity contribution in [1.29, 1.82) is 0 Å². The Morgan fingerprint density at radius 3 is 2.78 bits per heavy atom. The maximum atomic E-state index is 11.9. The second-order valence-electron chi connectivity index (χ2n) is 5.26. The lowest BCUT2D eigenvalue weighted by molar-refractivity contribution is -0.123. The van der Waals surface area contributed by atoms with Gasteiger partial charge in [0.05, 0.1) is 12.2 Å². The van der Waals surface area contributed by atoms with Crippen LogP contribution in [0.4, 0.5) is 0 Å². The topological polar surface area (TPSA) is 55.6 Å². The molecule has 2 heterocycles. The van der Waals surface area contributed by atoms with E-state index in [2.05, 4.69) is 17.2 Å². The Balaban J connectivity index is 1.49. The summed E-state index contributed by atoms with van der Waals surface area (Å²) in [5.74, 6) is 0.534.